The van der Waals surface area contributed by atoms with Gasteiger partial charge in [0.15, 0.2) is 6.61 Å². The predicted octanol–water partition coefficient (Wildman–Crippen LogP) is 2.52. The molecule has 0 saturated heterocycles. The Morgan fingerprint density at radius 3 is 2.55 bits per heavy atom. The summed E-state index contributed by atoms with van der Waals surface area (Å²) in [6.45, 7) is -0.0677. The van der Waals surface area contributed by atoms with Crippen LogP contribution >= 0.6 is 11.6 Å². The molecule has 0 aliphatic carbocycles. The van der Waals surface area contributed by atoms with Crippen molar-refractivity contribution < 1.29 is 19.4 Å². The molecule has 0 unspecified atom stereocenters. The number of benzene rings is 2. The number of carbonyl (C=O) groups excluding carboxylic acids is 2. The molecular weight excluding hydrogens is 306 g/mol. The molecule has 0 bridgehead atoms. The van der Waals surface area contributed by atoms with E-state index in [1.807, 2.05) is 0 Å². The number of esters is 1. The van der Waals surface area contributed by atoms with E-state index in [1.165, 1.54) is 24.3 Å². The summed E-state index contributed by atoms with van der Waals surface area (Å²) in [4.78, 5) is 23.3. The topological polar surface area (TPSA) is 75.6 Å². The fourth-order valence-corrected chi connectivity index (χ4v) is 1.83. The zero-order chi connectivity index (χ0) is 15.9. The van der Waals surface area contributed by atoms with Crippen LogP contribution in [-0.2, 0) is 16.1 Å². The van der Waals surface area contributed by atoms with Gasteiger partial charge in [0.05, 0.1) is 5.56 Å². The third-order valence-corrected chi connectivity index (χ3v) is 3.07. The smallest absolute Gasteiger partial charge is 0.338 e. The average molecular weight is 320 g/mol. The first-order valence-electron chi connectivity index (χ1n) is 6.52. The molecule has 0 spiro atoms. The van der Waals surface area contributed by atoms with Crippen LogP contribution in [0.25, 0.3) is 0 Å². The number of aromatic hydroxyl groups is 1. The summed E-state index contributed by atoms with van der Waals surface area (Å²) in [5.41, 5.74) is 1.07. The molecule has 114 valence electrons. The normalized spacial score (nSPS) is 10.0. The van der Waals surface area contributed by atoms with Crippen molar-refractivity contribution in [2.75, 3.05) is 6.61 Å². The van der Waals surface area contributed by atoms with Crippen LogP contribution in [0, 0.1) is 0 Å². The summed E-state index contributed by atoms with van der Waals surface area (Å²) in [7, 11) is 0. The molecular formula is C16H14ClNO4. The molecule has 0 fully saturated rings. The van der Waals surface area contributed by atoms with Crippen molar-refractivity contribution in [1.29, 1.82) is 0 Å². The molecule has 1 amide bonds. The zero-order valence-electron chi connectivity index (χ0n) is 11.6. The van der Waals surface area contributed by atoms with E-state index in [4.69, 9.17) is 16.3 Å². The lowest BCUT2D eigenvalue weighted by Gasteiger charge is -2.07. The van der Waals surface area contributed by atoms with Crippen molar-refractivity contribution in [3.05, 3.63) is 64.7 Å². The van der Waals surface area contributed by atoms with Gasteiger partial charge in [-0.1, -0.05) is 29.8 Å². The van der Waals surface area contributed by atoms with E-state index in [0.29, 0.717) is 11.6 Å². The van der Waals surface area contributed by atoms with Gasteiger partial charge in [0.25, 0.3) is 5.91 Å². The van der Waals surface area contributed by atoms with Gasteiger partial charge in [0.2, 0.25) is 0 Å². The summed E-state index contributed by atoms with van der Waals surface area (Å²) in [5.74, 6) is -1.12. The minimum atomic E-state index is -0.669. The number of phenols is 1. The third-order valence-electron chi connectivity index (χ3n) is 2.82. The van der Waals surface area contributed by atoms with E-state index in [1.54, 1.807) is 24.3 Å². The molecule has 2 N–H and O–H groups in total. The van der Waals surface area contributed by atoms with Crippen LogP contribution in [0.2, 0.25) is 5.02 Å². The predicted molar refractivity (Wildman–Crippen MR) is 81.7 cm³/mol. The number of ether oxygens (including phenoxy) is 1. The van der Waals surface area contributed by atoms with Crippen LogP contribution in [0.1, 0.15) is 15.9 Å². The number of carbonyl (C=O) groups is 2. The maximum absolute atomic E-state index is 11.7. The highest BCUT2D eigenvalue weighted by atomic mass is 35.5. The number of hydrogen-bond acceptors (Lipinski definition) is 4. The highest BCUT2D eigenvalue weighted by Gasteiger charge is 2.10. The van der Waals surface area contributed by atoms with Gasteiger partial charge in [-0.3, -0.25) is 4.79 Å². The van der Waals surface area contributed by atoms with E-state index < -0.39 is 11.9 Å². The third kappa shape index (κ3) is 4.79. The van der Waals surface area contributed by atoms with Gasteiger partial charge in [-0.25, -0.2) is 4.79 Å². The second-order valence-electron chi connectivity index (χ2n) is 4.53. The van der Waals surface area contributed by atoms with Crippen molar-refractivity contribution in [2.24, 2.45) is 0 Å². The number of amides is 1. The minimum absolute atomic E-state index is 0.0401. The first-order chi connectivity index (χ1) is 10.5. The largest absolute Gasteiger partial charge is 0.508 e. The molecule has 0 radical (unpaired) electrons. The highest BCUT2D eigenvalue weighted by Crippen LogP contribution is 2.12. The molecule has 0 saturated carbocycles. The Labute approximate surface area is 132 Å². The summed E-state index contributed by atoms with van der Waals surface area (Å²) in [6, 6.07) is 12.8. The Bertz CT molecular complexity index is 670. The fourth-order valence-electron chi connectivity index (χ4n) is 1.70. The van der Waals surface area contributed by atoms with E-state index in [9.17, 15) is 14.7 Å². The Kier molecular flexibility index (Phi) is 5.38. The van der Waals surface area contributed by atoms with E-state index >= 15 is 0 Å². The van der Waals surface area contributed by atoms with Crippen molar-refractivity contribution in [1.82, 2.24) is 5.32 Å². The Hall–Kier alpha value is -2.53. The van der Waals surface area contributed by atoms with E-state index in [2.05, 4.69) is 5.32 Å². The van der Waals surface area contributed by atoms with Gasteiger partial charge in [-0.2, -0.15) is 0 Å². The Morgan fingerprint density at radius 2 is 1.86 bits per heavy atom. The van der Waals surface area contributed by atoms with Crippen molar-refractivity contribution in [2.45, 2.75) is 6.54 Å². The maximum atomic E-state index is 11.7. The fraction of sp³-hybridized carbons (Fsp3) is 0.125. The quantitative estimate of drug-likeness (QED) is 0.830. The van der Waals surface area contributed by atoms with Crippen LogP contribution in [0.15, 0.2) is 48.5 Å². The lowest BCUT2D eigenvalue weighted by molar-refractivity contribution is -0.124. The molecule has 2 rings (SSSR count). The maximum Gasteiger partial charge on any atom is 0.338 e. The lowest BCUT2D eigenvalue weighted by atomic mass is 10.2. The number of hydrogen-bond donors (Lipinski definition) is 2. The molecule has 22 heavy (non-hydrogen) atoms. The number of rotatable bonds is 5. The van der Waals surface area contributed by atoms with Gasteiger partial charge >= 0.3 is 5.97 Å². The van der Waals surface area contributed by atoms with Crippen LogP contribution in [0.3, 0.4) is 0 Å². The van der Waals surface area contributed by atoms with Gasteiger partial charge < -0.3 is 15.2 Å². The average Bonchev–Trinajstić information content (AvgIpc) is 2.52. The highest BCUT2D eigenvalue weighted by molar-refractivity contribution is 6.30. The van der Waals surface area contributed by atoms with Gasteiger partial charge in [0.1, 0.15) is 5.75 Å². The van der Waals surface area contributed by atoms with Crippen LogP contribution in [0.4, 0.5) is 0 Å². The number of nitrogens with one attached hydrogen (secondary N) is 1. The summed E-state index contributed by atoms with van der Waals surface area (Å²) in [6.07, 6.45) is 0. The van der Waals surface area contributed by atoms with Crippen molar-refractivity contribution in [3.63, 3.8) is 0 Å². The molecule has 0 heterocycles. The van der Waals surface area contributed by atoms with Crippen molar-refractivity contribution in [3.8, 4) is 5.75 Å². The summed E-state index contributed by atoms with van der Waals surface area (Å²) in [5, 5.41) is 12.5. The molecule has 6 heteroatoms. The van der Waals surface area contributed by atoms with Crippen LogP contribution in [0.5, 0.6) is 5.75 Å². The van der Waals surface area contributed by atoms with E-state index in [-0.39, 0.29) is 17.9 Å². The molecule has 0 aliphatic rings. The van der Waals surface area contributed by atoms with Gasteiger partial charge in [-0.05, 0) is 35.9 Å². The van der Waals surface area contributed by atoms with Crippen LogP contribution in [-0.4, -0.2) is 23.6 Å². The van der Waals surface area contributed by atoms with Gasteiger partial charge in [0, 0.05) is 11.6 Å². The summed E-state index contributed by atoms with van der Waals surface area (Å²) >= 11 is 5.77. The lowest BCUT2D eigenvalue weighted by Crippen LogP contribution is -2.28. The number of phenolic OH excluding ortho intramolecular Hbond substituents is 1. The molecule has 0 aromatic heterocycles. The molecule has 2 aromatic rings. The first-order valence-corrected chi connectivity index (χ1v) is 6.89. The molecule has 0 aliphatic heterocycles. The second-order valence-corrected chi connectivity index (χ2v) is 4.97. The summed E-state index contributed by atoms with van der Waals surface area (Å²) < 4.78 is 4.87. The standard InChI is InChI=1S/C16H14ClNO4/c17-13-6-4-11(5-7-13)9-18-15(20)10-22-16(21)12-2-1-3-14(19)8-12/h1-8,19H,9-10H2,(H,18,20). The number of halogens is 1. The molecule has 5 nitrogen and oxygen atoms in total. The Balaban J connectivity index is 1.78. The monoisotopic (exact) mass is 319 g/mol. The second kappa shape index (κ2) is 7.47. The zero-order valence-corrected chi connectivity index (χ0v) is 12.3. The van der Waals surface area contributed by atoms with E-state index in [0.717, 1.165) is 5.56 Å². The SMILES string of the molecule is O=C(COC(=O)c1cccc(O)c1)NCc1ccc(Cl)cc1. The Morgan fingerprint density at radius 1 is 1.14 bits per heavy atom. The first kappa shape index (κ1) is 15.9. The molecule has 2 aromatic carbocycles. The van der Waals surface area contributed by atoms with Crippen molar-refractivity contribution >= 4 is 23.5 Å². The minimum Gasteiger partial charge on any atom is -0.508 e. The molecule has 0 atom stereocenters. The van der Waals surface area contributed by atoms with Crippen LogP contribution < -0.4 is 5.32 Å². The van der Waals surface area contributed by atoms with Gasteiger partial charge in [-0.15, -0.1) is 0 Å².